The Hall–Kier alpha value is -7.68. The number of rotatable bonds is 14. The van der Waals surface area contributed by atoms with E-state index in [9.17, 15) is 77.1 Å². The Kier molecular flexibility index (Phi) is 16.5. The molecule has 0 spiro atoms. The maximum absolute atomic E-state index is 11.9. The second kappa shape index (κ2) is 20.5. The predicted octanol–water partition coefficient (Wildman–Crippen LogP) is 4.87. The first-order valence-corrected chi connectivity index (χ1v) is 18.2. The summed E-state index contributed by atoms with van der Waals surface area (Å²) in [6.07, 6.45) is 5.44. The van der Waals surface area contributed by atoms with Crippen LogP contribution in [0.25, 0.3) is 12.2 Å². The van der Waals surface area contributed by atoms with Crippen molar-refractivity contribution in [2.24, 2.45) is 0 Å². The molecule has 0 saturated heterocycles. The quantitative estimate of drug-likeness (QED) is 0.0431. The molecule has 0 heterocycles. The Morgan fingerprint density at radius 2 is 0.915 bits per heavy atom. The smallest absolute Gasteiger partial charge is 0.301 e. The van der Waals surface area contributed by atoms with Crippen molar-refractivity contribution in [3.05, 3.63) is 137 Å². The summed E-state index contributed by atoms with van der Waals surface area (Å²) in [5, 5.41) is 60.6. The number of ether oxygens (including phenoxy) is 2. The number of methoxy groups -OCH3 is 2. The van der Waals surface area contributed by atoms with Crippen molar-refractivity contribution in [2.45, 2.75) is 16.2 Å². The summed E-state index contributed by atoms with van der Waals surface area (Å²) in [6.45, 7) is 0. The molecule has 0 aliphatic rings. The van der Waals surface area contributed by atoms with Crippen molar-refractivity contribution in [1.29, 1.82) is 0 Å². The molecule has 0 aliphatic heterocycles. The summed E-state index contributed by atoms with van der Waals surface area (Å²) < 4.78 is 70.2. The van der Waals surface area contributed by atoms with Crippen LogP contribution in [-0.2, 0) is 29.8 Å². The first kappa shape index (κ1) is 47.5. The number of allylic oxidation sites excluding steroid dienone is 2. The minimum atomic E-state index is -4.79. The molecule has 0 unspecified atom stereocenters. The van der Waals surface area contributed by atoms with Crippen LogP contribution < -0.4 is 9.47 Å². The van der Waals surface area contributed by atoms with E-state index in [-0.39, 0.29) is 29.5 Å². The van der Waals surface area contributed by atoms with Crippen LogP contribution in [0.4, 0.5) is 22.7 Å². The Morgan fingerprint density at radius 3 is 1.19 bits per heavy atom. The van der Waals surface area contributed by atoms with E-state index in [1.807, 2.05) is 0 Å². The SMILES string of the molecule is COc1cc(/C=C/C(=O)CC(=O)/C=C/c2ccc(O)c(OC)c2)ccc1O.O=[N+]([O-])c1ccc(S(=O)(=O)O)c([N+](=O)[O-])c1.O=[N+]([O-])c1ccc(S(=O)(=O)O)c([N+](=O)[O-])c1. The van der Waals surface area contributed by atoms with Gasteiger partial charge in [0.15, 0.2) is 44.4 Å². The summed E-state index contributed by atoms with van der Waals surface area (Å²) in [6, 6.07) is 13.0. The molecule has 312 valence electrons. The van der Waals surface area contributed by atoms with Gasteiger partial charge < -0.3 is 19.7 Å². The molecule has 4 aromatic carbocycles. The number of nitro groups is 4. The lowest BCUT2D eigenvalue weighted by Gasteiger charge is -2.03. The first-order chi connectivity index (χ1) is 27.4. The zero-order valence-electron chi connectivity index (χ0n) is 29.9. The first-order valence-electron chi connectivity index (χ1n) is 15.4. The number of carbonyl (C=O) groups is 2. The molecule has 0 fully saturated rings. The number of aromatic hydroxyl groups is 2. The van der Waals surface area contributed by atoms with Crippen molar-refractivity contribution in [1.82, 2.24) is 0 Å². The average molecular weight is 865 g/mol. The number of ketones is 2. The summed E-state index contributed by atoms with van der Waals surface area (Å²) in [4.78, 5) is 59.3. The van der Waals surface area contributed by atoms with Crippen molar-refractivity contribution in [3.8, 4) is 23.0 Å². The van der Waals surface area contributed by atoms with Crippen molar-refractivity contribution in [3.63, 3.8) is 0 Å². The number of nitrogens with zero attached hydrogens (tertiary/aromatic N) is 4. The summed E-state index contributed by atoms with van der Waals surface area (Å²) in [5.74, 6) is -0.0832. The third kappa shape index (κ3) is 14.4. The Labute approximate surface area is 331 Å². The monoisotopic (exact) mass is 864 g/mol. The Bertz CT molecular complexity index is 2410. The van der Waals surface area contributed by atoms with E-state index < -0.39 is 72.5 Å². The second-order valence-electron chi connectivity index (χ2n) is 10.9. The fourth-order valence-electron chi connectivity index (χ4n) is 4.22. The second-order valence-corrected chi connectivity index (χ2v) is 13.7. The van der Waals surface area contributed by atoms with Crippen LogP contribution >= 0.6 is 0 Å². The topological polar surface area (TPSA) is 374 Å². The minimum absolute atomic E-state index is 0.00662. The molecule has 26 heteroatoms. The zero-order chi connectivity index (χ0) is 44.8. The van der Waals surface area contributed by atoms with Crippen molar-refractivity contribution in [2.75, 3.05) is 14.2 Å². The lowest BCUT2D eigenvalue weighted by Crippen LogP contribution is -2.04. The maximum Gasteiger partial charge on any atom is 0.301 e. The number of nitro benzene ring substituents is 4. The Balaban J connectivity index is 0.000000324. The van der Waals surface area contributed by atoms with E-state index in [0.717, 1.165) is 12.1 Å². The van der Waals surface area contributed by atoms with E-state index in [0.29, 0.717) is 46.9 Å². The molecule has 4 N–H and O–H groups in total. The number of phenols is 2. The molecule has 0 amide bonds. The molecule has 4 rings (SSSR count). The standard InChI is InChI=1S/C21H20O6.2C6H4N2O7S/c1-26-20-11-14(5-9-18(20)24)3-7-16(22)13-17(23)8-4-15-6-10-19(25)21(12-15)27-2;2*9-7(10)4-1-2-6(16(13,14)15)5(3-4)8(11)12/h3-12,24-25H,13H2,1-2H3;2*1-3H,(H,13,14,15)/b7-3+,8-4+;;. The van der Waals surface area contributed by atoms with Crippen LogP contribution in [0, 0.1) is 40.5 Å². The third-order valence-corrected chi connectivity index (χ3v) is 8.74. The van der Waals surface area contributed by atoms with E-state index in [1.54, 1.807) is 36.4 Å². The average Bonchev–Trinajstić information content (AvgIpc) is 3.16. The van der Waals surface area contributed by atoms with Crippen LogP contribution in [0.1, 0.15) is 17.5 Å². The lowest BCUT2D eigenvalue weighted by molar-refractivity contribution is -0.396. The molecule has 0 aliphatic carbocycles. The minimum Gasteiger partial charge on any atom is -0.504 e. The molecular weight excluding hydrogens is 837 g/mol. The normalized spacial score (nSPS) is 11.1. The highest BCUT2D eigenvalue weighted by atomic mass is 32.2. The van der Waals surface area contributed by atoms with E-state index in [2.05, 4.69) is 0 Å². The summed E-state index contributed by atoms with van der Waals surface area (Å²) in [7, 11) is -6.70. The fraction of sp³-hybridized carbons (Fsp3) is 0.0909. The molecular formula is C33H28N4O20S2. The van der Waals surface area contributed by atoms with Gasteiger partial charge in [-0.05, 0) is 59.7 Å². The van der Waals surface area contributed by atoms with E-state index in [4.69, 9.17) is 18.6 Å². The van der Waals surface area contributed by atoms with E-state index in [1.165, 1.54) is 38.5 Å². The number of carbonyl (C=O) groups excluding carboxylic acids is 2. The van der Waals surface area contributed by atoms with Crippen LogP contribution in [-0.4, -0.2) is 81.6 Å². The summed E-state index contributed by atoms with van der Waals surface area (Å²) >= 11 is 0. The van der Waals surface area contributed by atoms with Gasteiger partial charge in [-0.2, -0.15) is 16.8 Å². The number of benzene rings is 4. The summed E-state index contributed by atoms with van der Waals surface area (Å²) in [5.41, 5.74) is -2.04. The van der Waals surface area contributed by atoms with Crippen molar-refractivity contribution < 1.29 is 74.9 Å². The third-order valence-electron chi connectivity index (χ3n) is 6.94. The number of hydrogen-bond acceptors (Lipinski definition) is 18. The highest BCUT2D eigenvalue weighted by Gasteiger charge is 2.28. The van der Waals surface area contributed by atoms with Crippen LogP contribution in [0.15, 0.2) is 94.7 Å². The van der Waals surface area contributed by atoms with Gasteiger partial charge in [0.05, 0.1) is 52.5 Å². The zero-order valence-corrected chi connectivity index (χ0v) is 31.5. The van der Waals surface area contributed by atoms with Gasteiger partial charge in [0.2, 0.25) is 0 Å². The molecule has 0 bridgehead atoms. The van der Waals surface area contributed by atoms with Crippen LogP contribution in [0.3, 0.4) is 0 Å². The number of hydrogen-bond donors (Lipinski definition) is 4. The predicted molar refractivity (Wildman–Crippen MR) is 201 cm³/mol. The van der Waals surface area contributed by atoms with Gasteiger partial charge in [0, 0.05) is 12.1 Å². The van der Waals surface area contributed by atoms with Gasteiger partial charge >= 0.3 is 20.2 Å². The van der Waals surface area contributed by atoms with Gasteiger partial charge in [-0.3, -0.25) is 59.2 Å². The van der Waals surface area contributed by atoms with E-state index >= 15 is 0 Å². The molecule has 0 radical (unpaired) electrons. The van der Waals surface area contributed by atoms with Gasteiger partial charge in [0.25, 0.3) is 22.7 Å². The molecule has 24 nitrogen and oxygen atoms in total. The van der Waals surface area contributed by atoms with Crippen molar-refractivity contribution >= 4 is 66.7 Å². The molecule has 59 heavy (non-hydrogen) atoms. The van der Waals surface area contributed by atoms with Gasteiger partial charge in [-0.15, -0.1) is 0 Å². The van der Waals surface area contributed by atoms with Crippen LogP contribution in [0.5, 0.6) is 23.0 Å². The highest BCUT2D eigenvalue weighted by molar-refractivity contribution is 7.86. The van der Waals surface area contributed by atoms with Gasteiger partial charge in [-0.1, -0.05) is 24.3 Å². The number of phenolic OH excluding ortho intramolecular Hbond substituents is 2. The maximum atomic E-state index is 11.9. The number of non-ortho nitro benzene ring substituents is 2. The van der Waals surface area contributed by atoms with Crippen LogP contribution in [0.2, 0.25) is 0 Å². The lowest BCUT2D eigenvalue weighted by atomic mass is 10.1. The van der Waals surface area contributed by atoms with Gasteiger partial charge in [0.1, 0.15) is 0 Å². The molecule has 4 aromatic rings. The molecule has 0 saturated carbocycles. The largest absolute Gasteiger partial charge is 0.504 e. The molecule has 0 atom stereocenters. The fourth-order valence-corrected chi connectivity index (χ4v) is 5.50. The Morgan fingerprint density at radius 1 is 0.576 bits per heavy atom. The molecule has 0 aromatic heterocycles. The highest BCUT2D eigenvalue weighted by Crippen LogP contribution is 2.30. The van der Waals surface area contributed by atoms with Gasteiger partial charge in [-0.25, -0.2) is 0 Å².